The molecule has 186 valence electrons. The van der Waals surface area contributed by atoms with Crippen LogP contribution in [0.5, 0.6) is 0 Å². The molecule has 0 amide bonds. The molecule has 2 aromatic rings. The van der Waals surface area contributed by atoms with Crippen LogP contribution >= 0.6 is 0 Å². The summed E-state index contributed by atoms with van der Waals surface area (Å²) in [5.41, 5.74) is 4.08. The Bertz CT molecular complexity index is 1200. The maximum atomic E-state index is 11.1. The van der Waals surface area contributed by atoms with Crippen molar-refractivity contribution < 1.29 is 9.84 Å². The van der Waals surface area contributed by atoms with E-state index in [1.807, 2.05) is 13.2 Å². The van der Waals surface area contributed by atoms with Gasteiger partial charge in [0.2, 0.25) is 0 Å². The smallest absolute Gasteiger partial charge is 0.116 e. The number of rotatable bonds is 3. The molecule has 7 rings (SSSR count). The third-order valence-electron chi connectivity index (χ3n) is 11.3. The fourth-order valence-corrected chi connectivity index (χ4v) is 9.71. The highest BCUT2D eigenvalue weighted by molar-refractivity contribution is 5.78. The molecule has 2 aliphatic heterocycles. The van der Waals surface area contributed by atoms with Crippen molar-refractivity contribution >= 4 is 10.9 Å². The molecule has 0 radical (unpaired) electrons. The molecule has 2 spiro atoms. The zero-order valence-corrected chi connectivity index (χ0v) is 21.3. The number of hydrogen-bond donors (Lipinski definition) is 2. The number of aromatic nitrogens is 2. The Morgan fingerprint density at radius 3 is 2.97 bits per heavy atom. The highest BCUT2D eigenvalue weighted by atomic mass is 16.5. The van der Waals surface area contributed by atoms with Gasteiger partial charge in [0.25, 0.3) is 0 Å². The molecule has 5 aliphatic rings. The molecule has 2 N–H and O–H groups in total. The molecule has 1 aromatic carbocycles. The van der Waals surface area contributed by atoms with Gasteiger partial charge < -0.3 is 15.2 Å². The minimum atomic E-state index is -0.239. The first-order valence-electron chi connectivity index (χ1n) is 13.8. The van der Waals surface area contributed by atoms with E-state index >= 15 is 0 Å². The average molecular weight is 474 g/mol. The molecule has 2 bridgehead atoms. The van der Waals surface area contributed by atoms with Gasteiger partial charge in [0.1, 0.15) is 6.33 Å². The topological polar surface area (TPSA) is 67.3 Å². The van der Waals surface area contributed by atoms with E-state index in [-0.39, 0.29) is 34.6 Å². The van der Waals surface area contributed by atoms with Crippen LogP contribution in [-0.4, -0.2) is 46.0 Å². The average Bonchev–Trinajstić information content (AvgIpc) is 3.38. The van der Waals surface area contributed by atoms with Crippen LogP contribution in [0.4, 0.5) is 0 Å². The van der Waals surface area contributed by atoms with Crippen molar-refractivity contribution in [2.45, 2.75) is 82.0 Å². The van der Waals surface area contributed by atoms with Gasteiger partial charge in [0.15, 0.2) is 0 Å². The minimum Gasteiger partial charge on any atom is -0.392 e. The van der Waals surface area contributed by atoms with E-state index in [4.69, 9.17) is 4.74 Å². The van der Waals surface area contributed by atoms with E-state index in [2.05, 4.69) is 53.4 Å². The van der Waals surface area contributed by atoms with E-state index in [0.717, 1.165) is 49.6 Å². The minimum absolute atomic E-state index is 0.0614. The third-order valence-corrected chi connectivity index (χ3v) is 11.3. The van der Waals surface area contributed by atoms with Crippen molar-refractivity contribution in [3.63, 3.8) is 0 Å². The van der Waals surface area contributed by atoms with Gasteiger partial charge in [-0.15, -0.1) is 0 Å². The van der Waals surface area contributed by atoms with Crippen molar-refractivity contribution in [2.75, 3.05) is 13.6 Å². The molecule has 1 unspecified atom stereocenters. The Balaban J connectivity index is 1.25. The van der Waals surface area contributed by atoms with Gasteiger partial charge in [-0.25, -0.2) is 9.97 Å². The first kappa shape index (κ1) is 22.4. The second kappa shape index (κ2) is 7.60. The van der Waals surface area contributed by atoms with Crippen LogP contribution < -0.4 is 5.32 Å². The molecule has 35 heavy (non-hydrogen) atoms. The van der Waals surface area contributed by atoms with E-state index in [9.17, 15) is 5.11 Å². The highest BCUT2D eigenvalue weighted by Gasteiger charge is 2.69. The van der Waals surface area contributed by atoms with Gasteiger partial charge in [0, 0.05) is 24.0 Å². The summed E-state index contributed by atoms with van der Waals surface area (Å²) < 4.78 is 7.48. The number of benzene rings is 1. The molecule has 1 aromatic heterocycles. The summed E-state index contributed by atoms with van der Waals surface area (Å²) in [7, 11) is 2.00. The van der Waals surface area contributed by atoms with Crippen molar-refractivity contribution in [1.29, 1.82) is 0 Å². The van der Waals surface area contributed by atoms with Crippen molar-refractivity contribution in [3.05, 3.63) is 47.9 Å². The van der Waals surface area contributed by atoms with Gasteiger partial charge in [-0.05, 0) is 104 Å². The maximum Gasteiger partial charge on any atom is 0.116 e. The predicted molar refractivity (Wildman–Crippen MR) is 137 cm³/mol. The number of ether oxygens (including phenoxy) is 1. The molecule has 2 saturated heterocycles. The number of fused-ring (bicyclic) bond motifs is 2. The summed E-state index contributed by atoms with van der Waals surface area (Å²) in [5.74, 6) is 2.09. The lowest BCUT2D eigenvalue weighted by molar-refractivity contribution is -0.224. The predicted octanol–water partition coefficient (Wildman–Crippen LogP) is 5.00. The molecular formula is C30H39N3O2. The molecule has 3 heterocycles. The molecule has 3 aliphatic carbocycles. The fourth-order valence-electron chi connectivity index (χ4n) is 9.71. The fraction of sp³-hybridized carbons (Fsp3) is 0.667. The number of allylic oxidation sites excluding steroid dienone is 1. The largest absolute Gasteiger partial charge is 0.392 e. The molecule has 4 fully saturated rings. The number of hydrogen-bond acceptors (Lipinski definition) is 5. The van der Waals surface area contributed by atoms with Gasteiger partial charge in [-0.2, -0.15) is 0 Å². The summed E-state index contributed by atoms with van der Waals surface area (Å²) in [6.45, 7) is 5.69. The van der Waals surface area contributed by atoms with Gasteiger partial charge in [0.05, 0.1) is 22.8 Å². The van der Waals surface area contributed by atoms with Crippen molar-refractivity contribution in [2.24, 2.45) is 29.1 Å². The SMILES string of the molecule is CNC[C@H]1C[C@@]23CC[C@@]4(O2)C(=CC[C@]2(C)[C@@H](c5ccc6ncncc6c5)CC[C@H]24)CC3[C@@H](C)[C@@H]1O. The maximum absolute atomic E-state index is 11.1. The normalized spacial score (nSPS) is 46.1. The zero-order valence-electron chi connectivity index (χ0n) is 21.3. The first-order valence-corrected chi connectivity index (χ1v) is 13.8. The Morgan fingerprint density at radius 1 is 1.23 bits per heavy atom. The van der Waals surface area contributed by atoms with Gasteiger partial charge in [-0.1, -0.05) is 26.0 Å². The van der Waals surface area contributed by atoms with Crippen LogP contribution in [-0.2, 0) is 4.74 Å². The monoisotopic (exact) mass is 473 g/mol. The van der Waals surface area contributed by atoms with Crippen molar-refractivity contribution in [1.82, 2.24) is 15.3 Å². The summed E-state index contributed by atoms with van der Waals surface area (Å²) >= 11 is 0. The van der Waals surface area contributed by atoms with Crippen LogP contribution in [0.3, 0.4) is 0 Å². The highest BCUT2D eigenvalue weighted by Crippen LogP contribution is 2.71. The Labute approximate surface area is 208 Å². The quantitative estimate of drug-likeness (QED) is 0.614. The summed E-state index contributed by atoms with van der Waals surface area (Å²) in [6.07, 6.45) is 13.9. The summed E-state index contributed by atoms with van der Waals surface area (Å²) in [6, 6.07) is 6.82. The van der Waals surface area contributed by atoms with Crippen LogP contribution in [0.15, 0.2) is 42.4 Å². The Morgan fingerprint density at radius 2 is 2.11 bits per heavy atom. The lowest BCUT2D eigenvalue weighted by Gasteiger charge is -2.59. The Kier molecular flexibility index (Phi) is 4.86. The number of aliphatic hydroxyl groups is 1. The number of aliphatic hydroxyl groups excluding tert-OH is 1. The second-order valence-corrected chi connectivity index (χ2v) is 12.7. The van der Waals surface area contributed by atoms with Crippen LogP contribution in [0.2, 0.25) is 0 Å². The number of nitrogens with zero attached hydrogens (tertiary/aromatic N) is 2. The molecule has 5 heteroatoms. The van der Waals surface area contributed by atoms with Crippen molar-refractivity contribution in [3.8, 4) is 0 Å². The molecular weight excluding hydrogens is 434 g/mol. The van der Waals surface area contributed by atoms with Gasteiger partial charge >= 0.3 is 0 Å². The van der Waals surface area contributed by atoms with Crippen LogP contribution in [0, 0.1) is 29.1 Å². The van der Waals surface area contributed by atoms with E-state index < -0.39 is 0 Å². The van der Waals surface area contributed by atoms with E-state index in [1.165, 1.54) is 18.4 Å². The van der Waals surface area contributed by atoms with E-state index in [0.29, 0.717) is 17.8 Å². The second-order valence-electron chi connectivity index (χ2n) is 12.7. The van der Waals surface area contributed by atoms with E-state index in [1.54, 1.807) is 11.9 Å². The first-order chi connectivity index (χ1) is 16.9. The lowest BCUT2D eigenvalue weighted by atomic mass is 9.55. The summed E-state index contributed by atoms with van der Waals surface area (Å²) in [5, 5.41) is 15.6. The summed E-state index contributed by atoms with van der Waals surface area (Å²) in [4.78, 5) is 8.71. The lowest BCUT2D eigenvalue weighted by Crippen LogP contribution is -2.61. The van der Waals surface area contributed by atoms with Gasteiger partial charge in [-0.3, -0.25) is 0 Å². The zero-order chi connectivity index (χ0) is 24.0. The standard InChI is InChI=1S/C30H39N3O2/c1-18-24-13-22-8-9-28(2)23(19-4-6-25-20(12-19)16-32-17-33-25)5-7-26(28)30(22)11-10-29(24,35-30)14-21(15-31-3)27(18)34/h4,6,8,12,16-18,21,23-24,26-27,31,34H,5,7,9-11,13-15H2,1-3H3/t18-,21-,23-,24?,26-,27+,28-,29-,30-/m1/s1. The molecule has 9 atom stereocenters. The Hall–Kier alpha value is -1.82. The van der Waals surface area contributed by atoms with Crippen LogP contribution in [0.1, 0.15) is 70.3 Å². The molecule has 5 nitrogen and oxygen atoms in total. The van der Waals surface area contributed by atoms with Crippen LogP contribution in [0.25, 0.3) is 10.9 Å². The molecule has 2 saturated carbocycles. The number of nitrogens with one attached hydrogen (secondary N) is 1. The third kappa shape index (κ3) is 2.92.